The van der Waals surface area contributed by atoms with Gasteiger partial charge in [0.15, 0.2) is 8.32 Å². The molecule has 0 saturated carbocycles. The number of benzene rings is 2. The molecule has 2 aromatic carbocycles. The van der Waals surface area contributed by atoms with Gasteiger partial charge in [0.2, 0.25) is 0 Å². The quantitative estimate of drug-likeness (QED) is 0.372. The van der Waals surface area contributed by atoms with Crippen molar-refractivity contribution in [2.75, 3.05) is 0 Å². The molecule has 2 aromatic rings. The van der Waals surface area contributed by atoms with Crippen molar-refractivity contribution < 1.29 is 4.43 Å². The third-order valence-corrected chi connectivity index (χ3v) is 8.37. The lowest BCUT2D eigenvalue weighted by molar-refractivity contribution is 0.130. The van der Waals surface area contributed by atoms with Gasteiger partial charge >= 0.3 is 0 Å². The van der Waals surface area contributed by atoms with Crippen LogP contribution in [0.15, 0.2) is 60.7 Å². The maximum absolute atomic E-state index is 7.04. The fourth-order valence-electron chi connectivity index (χ4n) is 3.62. The van der Waals surface area contributed by atoms with Crippen LogP contribution >= 0.6 is 7.92 Å². The lowest BCUT2D eigenvalue weighted by Crippen LogP contribution is -2.45. The van der Waals surface area contributed by atoms with Gasteiger partial charge < -0.3 is 4.43 Å². The number of hydrogen-bond donors (Lipinski definition) is 0. The minimum Gasteiger partial charge on any atom is -0.408 e. The molecule has 3 heteroatoms. The van der Waals surface area contributed by atoms with Crippen molar-refractivity contribution in [3.63, 3.8) is 0 Å². The van der Waals surface area contributed by atoms with Crippen LogP contribution in [-0.4, -0.2) is 13.7 Å². The van der Waals surface area contributed by atoms with Crippen molar-refractivity contribution >= 4 is 26.8 Å². The normalized spacial score (nSPS) is 12.6. The summed E-state index contributed by atoms with van der Waals surface area (Å²) in [5, 5.41) is 2.80. The number of hydrogen-bond acceptors (Lipinski definition) is 1. The lowest BCUT2D eigenvalue weighted by Gasteiger charge is -2.45. The van der Waals surface area contributed by atoms with E-state index in [-0.39, 0.29) is 5.34 Å². The van der Waals surface area contributed by atoms with Crippen LogP contribution in [-0.2, 0) is 4.43 Å². The maximum Gasteiger partial charge on any atom is 0.185 e. The fourth-order valence-corrected chi connectivity index (χ4v) is 9.23. The molecule has 0 bridgehead atoms. The predicted octanol–water partition coefficient (Wildman–Crippen LogP) is 6.27. The zero-order chi connectivity index (χ0) is 18.3. The standard InChI is InChI=1S/C22H33OPSi/c1-6-18-22(19-7-2,23-25(3,4)5)24(20-14-10-8-11-15-20)21-16-12-9-13-17-21/h8-17H,6-7,18-19H2,1-5H3. The molecule has 0 aromatic heterocycles. The Morgan fingerprint density at radius 3 is 1.48 bits per heavy atom. The molecule has 0 saturated heterocycles. The summed E-state index contributed by atoms with van der Waals surface area (Å²) in [7, 11) is -2.24. The Bertz CT molecular complexity index is 576. The van der Waals surface area contributed by atoms with Crippen molar-refractivity contribution in [3.05, 3.63) is 60.7 Å². The SMILES string of the molecule is CCCC(CCC)(O[Si](C)(C)C)P(c1ccccc1)c1ccccc1. The summed E-state index contributed by atoms with van der Waals surface area (Å²) < 4.78 is 7.04. The first-order chi connectivity index (χ1) is 11.9. The Labute approximate surface area is 156 Å². The topological polar surface area (TPSA) is 9.23 Å². The highest BCUT2D eigenvalue weighted by atomic mass is 31.1. The minimum absolute atomic E-state index is 0.0635. The highest BCUT2D eigenvalue weighted by Gasteiger charge is 2.43. The van der Waals surface area contributed by atoms with E-state index < -0.39 is 16.2 Å². The summed E-state index contributed by atoms with van der Waals surface area (Å²) in [6, 6.07) is 22.1. The Balaban J connectivity index is 2.63. The average Bonchev–Trinajstić information content (AvgIpc) is 2.56. The zero-order valence-corrected chi connectivity index (χ0v) is 18.4. The van der Waals surface area contributed by atoms with Gasteiger partial charge in [0, 0.05) is 0 Å². The van der Waals surface area contributed by atoms with E-state index in [0.29, 0.717) is 0 Å². The zero-order valence-electron chi connectivity index (χ0n) is 16.5. The summed E-state index contributed by atoms with van der Waals surface area (Å²) >= 11 is 0. The van der Waals surface area contributed by atoms with Gasteiger partial charge in [-0.1, -0.05) is 87.4 Å². The molecule has 0 aliphatic carbocycles. The smallest absolute Gasteiger partial charge is 0.185 e. The highest BCUT2D eigenvalue weighted by molar-refractivity contribution is 7.74. The van der Waals surface area contributed by atoms with Gasteiger partial charge in [-0.3, -0.25) is 0 Å². The summed E-state index contributed by atoms with van der Waals surface area (Å²) in [5.41, 5.74) is 0. The average molecular weight is 373 g/mol. The largest absolute Gasteiger partial charge is 0.408 e. The van der Waals surface area contributed by atoms with Crippen LogP contribution in [0, 0.1) is 0 Å². The van der Waals surface area contributed by atoms with Crippen molar-refractivity contribution in [3.8, 4) is 0 Å². The molecule has 0 fully saturated rings. The van der Waals surface area contributed by atoms with Crippen LogP contribution in [0.3, 0.4) is 0 Å². The Morgan fingerprint density at radius 2 is 1.16 bits per heavy atom. The summed E-state index contributed by atoms with van der Waals surface area (Å²) in [6.07, 6.45) is 4.56. The molecule has 0 N–H and O–H groups in total. The Kier molecular flexibility index (Phi) is 7.43. The number of rotatable bonds is 9. The predicted molar refractivity (Wildman–Crippen MR) is 116 cm³/mol. The second kappa shape index (κ2) is 9.12. The van der Waals surface area contributed by atoms with Gasteiger partial charge in [-0.2, -0.15) is 0 Å². The molecule has 1 nitrogen and oxygen atoms in total. The van der Waals surface area contributed by atoms with Gasteiger partial charge in [0.05, 0.1) is 5.34 Å². The molecule has 0 amide bonds. The third-order valence-electron chi connectivity index (χ3n) is 4.21. The molecule has 136 valence electrons. The third kappa shape index (κ3) is 5.51. The fraction of sp³-hybridized carbons (Fsp3) is 0.455. The van der Waals surface area contributed by atoms with Crippen molar-refractivity contribution in [1.82, 2.24) is 0 Å². The minimum atomic E-state index is -1.68. The van der Waals surface area contributed by atoms with Crippen molar-refractivity contribution in [2.45, 2.75) is 64.5 Å². The summed E-state index contributed by atoms with van der Waals surface area (Å²) in [6.45, 7) is 11.6. The van der Waals surface area contributed by atoms with Gasteiger partial charge in [0.25, 0.3) is 0 Å². The van der Waals surface area contributed by atoms with E-state index >= 15 is 0 Å². The van der Waals surface area contributed by atoms with E-state index in [9.17, 15) is 0 Å². The first kappa shape index (κ1) is 20.4. The van der Waals surface area contributed by atoms with Gasteiger partial charge in [-0.25, -0.2) is 0 Å². The molecule has 0 atom stereocenters. The van der Waals surface area contributed by atoms with E-state index in [4.69, 9.17) is 4.43 Å². The van der Waals surface area contributed by atoms with Crippen LogP contribution in [0.4, 0.5) is 0 Å². The van der Waals surface area contributed by atoms with Crippen molar-refractivity contribution in [2.24, 2.45) is 0 Å². The first-order valence-corrected chi connectivity index (χ1v) is 14.3. The molecule has 0 aliphatic heterocycles. The van der Waals surface area contributed by atoms with Gasteiger partial charge in [-0.15, -0.1) is 0 Å². The molecule has 0 radical (unpaired) electrons. The molecule has 0 aliphatic rings. The van der Waals surface area contributed by atoms with E-state index in [1.54, 1.807) is 0 Å². The molecule has 0 unspecified atom stereocenters. The second-order valence-corrected chi connectivity index (χ2v) is 14.6. The molecular weight excluding hydrogens is 339 g/mol. The van der Waals surface area contributed by atoms with Crippen molar-refractivity contribution in [1.29, 1.82) is 0 Å². The molecular formula is C22H33OPSi. The molecule has 0 spiro atoms. The van der Waals surface area contributed by atoms with Crippen LogP contribution in [0.5, 0.6) is 0 Å². The van der Waals surface area contributed by atoms with Crippen LogP contribution in [0.2, 0.25) is 19.6 Å². The van der Waals surface area contributed by atoms with Gasteiger partial charge in [-0.05, 0) is 51.0 Å². The van der Waals surface area contributed by atoms with E-state index in [2.05, 4.69) is 94.2 Å². The highest BCUT2D eigenvalue weighted by Crippen LogP contribution is 2.55. The lowest BCUT2D eigenvalue weighted by atomic mass is 10.1. The summed E-state index contributed by atoms with van der Waals surface area (Å²) in [4.78, 5) is 0. The van der Waals surface area contributed by atoms with E-state index in [1.165, 1.54) is 10.6 Å². The molecule has 25 heavy (non-hydrogen) atoms. The Morgan fingerprint density at radius 1 is 0.760 bits per heavy atom. The van der Waals surface area contributed by atoms with Crippen LogP contribution < -0.4 is 10.6 Å². The van der Waals surface area contributed by atoms with Crippen LogP contribution in [0.1, 0.15) is 39.5 Å². The second-order valence-electron chi connectivity index (χ2n) is 7.67. The maximum atomic E-state index is 7.04. The van der Waals surface area contributed by atoms with E-state index in [1.807, 2.05) is 0 Å². The first-order valence-electron chi connectivity index (χ1n) is 9.52. The molecule has 2 rings (SSSR count). The van der Waals surface area contributed by atoms with Gasteiger partial charge in [0.1, 0.15) is 0 Å². The van der Waals surface area contributed by atoms with Crippen LogP contribution in [0.25, 0.3) is 0 Å². The molecule has 0 heterocycles. The summed E-state index contributed by atoms with van der Waals surface area (Å²) in [5.74, 6) is 0. The Hall–Kier alpha value is -0.953. The monoisotopic (exact) mass is 372 g/mol. The van der Waals surface area contributed by atoms with E-state index in [0.717, 1.165) is 25.7 Å².